The van der Waals surface area contributed by atoms with E-state index in [2.05, 4.69) is 27.8 Å². The van der Waals surface area contributed by atoms with Crippen LogP contribution in [0.2, 0.25) is 10.0 Å². The summed E-state index contributed by atoms with van der Waals surface area (Å²) < 4.78 is 1.21. The molecule has 152 valence electrons. The highest BCUT2D eigenvalue weighted by Gasteiger charge is 2.09. The molecule has 8 heteroatoms. The molecule has 3 aromatic carbocycles. The summed E-state index contributed by atoms with van der Waals surface area (Å²) in [6.45, 7) is 1.97. The number of amides is 2. The molecule has 0 saturated carbocycles. The second-order valence-electron chi connectivity index (χ2n) is 6.55. The van der Waals surface area contributed by atoms with Gasteiger partial charge in [-0.2, -0.15) is 0 Å². The maximum absolute atomic E-state index is 12.3. The Kier molecular flexibility index (Phi) is 6.49. The number of fused-ring (bicyclic) bond motifs is 1. The van der Waals surface area contributed by atoms with Crippen molar-refractivity contribution < 1.29 is 4.79 Å². The predicted octanol–water partition coefficient (Wildman–Crippen LogP) is 7.85. The number of rotatable bonds is 5. The Balaban J connectivity index is 1.37. The van der Waals surface area contributed by atoms with Gasteiger partial charge in [0.25, 0.3) is 0 Å². The van der Waals surface area contributed by atoms with Crippen LogP contribution >= 0.6 is 46.3 Å². The van der Waals surface area contributed by atoms with Crippen LogP contribution in [0.4, 0.5) is 16.2 Å². The van der Waals surface area contributed by atoms with Gasteiger partial charge in [0.05, 0.1) is 26.0 Å². The van der Waals surface area contributed by atoms with Crippen LogP contribution < -0.4 is 10.6 Å². The molecular weight excluding hydrogens is 457 g/mol. The zero-order valence-corrected chi connectivity index (χ0v) is 19.1. The molecule has 0 radical (unpaired) electrons. The molecule has 0 unspecified atom stereocenters. The summed E-state index contributed by atoms with van der Waals surface area (Å²) in [7, 11) is 0. The second-order valence-corrected chi connectivity index (χ2v) is 9.53. The number of thiazole rings is 1. The molecule has 0 saturated heterocycles. The standard InChI is InChI=1S/C22H17Cl2N3OS2/c1-13-10-15(29-12-21-26-19-4-2-3-5-20(19)30-21)7-9-18(13)27-22(28)25-14-6-8-16(23)17(24)11-14/h2-11H,12H2,1H3,(H2,25,27,28). The van der Waals surface area contributed by atoms with Gasteiger partial charge in [0.2, 0.25) is 0 Å². The van der Waals surface area contributed by atoms with Crippen LogP contribution in [-0.2, 0) is 5.75 Å². The lowest BCUT2D eigenvalue weighted by atomic mass is 10.2. The monoisotopic (exact) mass is 473 g/mol. The average Bonchev–Trinajstić information content (AvgIpc) is 3.14. The van der Waals surface area contributed by atoms with E-state index >= 15 is 0 Å². The molecule has 0 spiro atoms. The number of thioether (sulfide) groups is 1. The lowest BCUT2D eigenvalue weighted by Gasteiger charge is -2.11. The first-order chi connectivity index (χ1) is 14.5. The molecule has 0 atom stereocenters. The predicted molar refractivity (Wildman–Crippen MR) is 129 cm³/mol. The molecule has 1 aromatic heterocycles. The van der Waals surface area contributed by atoms with Gasteiger partial charge < -0.3 is 10.6 Å². The lowest BCUT2D eigenvalue weighted by molar-refractivity contribution is 0.262. The third-order valence-corrected chi connectivity index (χ3v) is 7.29. The van der Waals surface area contributed by atoms with Crippen molar-refractivity contribution in [3.63, 3.8) is 0 Å². The van der Waals surface area contributed by atoms with E-state index in [0.29, 0.717) is 15.7 Å². The zero-order valence-electron chi connectivity index (χ0n) is 15.9. The summed E-state index contributed by atoms with van der Waals surface area (Å²) in [4.78, 5) is 18.1. The van der Waals surface area contributed by atoms with Crippen molar-refractivity contribution in [2.75, 3.05) is 10.6 Å². The number of carbonyl (C=O) groups excluding carboxylic acids is 1. The highest BCUT2D eigenvalue weighted by Crippen LogP contribution is 2.30. The van der Waals surface area contributed by atoms with E-state index in [-0.39, 0.29) is 6.03 Å². The number of hydrogen-bond donors (Lipinski definition) is 2. The number of benzene rings is 3. The number of anilines is 2. The largest absolute Gasteiger partial charge is 0.323 e. The van der Waals surface area contributed by atoms with Crippen molar-refractivity contribution in [2.45, 2.75) is 17.6 Å². The fourth-order valence-electron chi connectivity index (χ4n) is 2.85. The van der Waals surface area contributed by atoms with Crippen molar-refractivity contribution in [2.24, 2.45) is 0 Å². The number of carbonyl (C=O) groups is 1. The third kappa shape index (κ3) is 5.08. The Morgan fingerprint density at radius 2 is 1.87 bits per heavy atom. The summed E-state index contributed by atoms with van der Waals surface area (Å²) >= 11 is 15.3. The lowest BCUT2D eigenvalue weighted by Crippen LogP contribution is -2.19. The van der Waals surface area contributed by atoms with Gasteiger partial charge in [-0.15, -0.1) is 23.1 Å². The van der Waals surface area contributed by atoms with E-state index in [0.717, 1.165) is 32.4 Å². The van der Waals surface area contributed by atoms with Crippen LogP contribution in [0.3, 0.4) is 0 Å². The van der Waals surface area contributed by atoms with Crippen LogP contribution in [0, 0.1) is 6.92 Å². The molecule has 0 bridgehead atoms. The van der Waals surface area contributed by atoms with Crippen molar-refractivity contribution in [1.82, 2.24) is 4.98 Å². The van der Waals surface area contributed by atoms with Gasteiger partial charge in [-0.3, -0.25) is 0 Å². The van der Waals surface area contributed by atoms with Gasteiger partial charge in [0, 0.05) is 16.3 Å². The van der Waals surface area contributed by atoms with Crippen LogP contribution in [-0.4, -0.2) is 11.0 Å². The normalized spacial score (nSPS) is 10.9. The Morgan fingerprint density at radius 1 is 1.03 bits per heavy atom. The molecule has 0 aliphatic rings. The fraction of sp³-hybridized carbons (Fsp3) is 0.0909. The average molecular weight is 474 g/mol. The first kappa shape index (κ1) is 21.0. The Labute approximate surface area is 192 Å². The van der Waals surface area contributed by atoms with Gasteiger partial charge in [0.15, 0.2) is 0 Å². The van der Waals surface area contributed by atoms with Crippen molar-refractivity contribution in [3.8, 4) is 0 Å². The van der Waals surface area contributed by atoms with Crippen LogP contribution in [0.1, 0.15) is 10.6 Å². The Hall–Kier alpha value is -2.25. The number of aryl methyl sites for hydroxylation is 1. The number of nitrogens with zero attached hydrogens (tertiary/aromatic N) is 1. The minimum absolute atomic E-state index is 0.341. The summed E-state index contributed by atoms with van der Waals surface area (Å²) in [6.07, 6.45) is 0. The van der Waals surface area contributed by atoms with E-state index < -0.39 is 0 Å². The van der Waals surface area contributed by atoms with Gasteiger partial charge in [-0.05, 0) is 61.0 Å². The molecule has 2 amide bonds. The van der Waals surface area contributed by atoms with E-state index in [1.54, 1.807) is 41.3 Å². The maximum atomic E-state index is 12.3. The quantitative estimate of drug-likeness (QED) is 0.290. The highest BCUT2D eigenvalue weighted by molar-refractivity contribution is 7.98. The van der Waals surface area contributed by atoms with Gasteiger partial charge in [-0.1, -0.05) is 35.3 Å². The van der Waals surface area contributed by atoms with Crippen molar-refractivity contribution in [1.29, 1.82) is 0 Å². The SMILES string of the molecule is Cc1cc(SCc2nc3ccccc3s2)ccc1NC(=O)Nc1ccc(Cl)c(Cl)c1. The first-order valence-electron chi connectivity index (χ1n) is 9.09. The molecule has 4 rings (SSSR count). The summed E-state index contributed by atoms with van der Waals surface area (Å²) in [5.41, 5.74) is 3.34. The Morgan fingerprint density at radius 3 is 2.63 bits per heavy atom. The van der Waals surface area contributed by atoms with E-state index in [9.17, 15) is 4.79 Å². The number of nitrogens with one attached hydrogen (secondary N) is 2. The van der Waals surface area contributed by atoms with E-state index in [4.69, 9.17) is 23.2 Å². The highest BCUT2D eigenvalue weighted by atomic mass is 35.5. The fourth-order valence-corrected chi connectivity index (χ4v) is 5.10. The van der Waals surface area contributed by atoms with Gasteiger partial charge >= 0.3 is 6.03 Å². The smallest absolute Gasteiger partial charge is 0.308 e. The maximum Gasteiger partial charge on any atom is 0.323 e. The van der Waals surface area contributed by atoms with E-state index in [1.807, 2.05) is 37.3 Å². The van der Waals surface area contributed by atoms with Gasteiger partial charge in [-0.25, -0.2) is 9.78 Å². The third-order valence-electron chi connectivity index (χ3n) is 4.32. The van der Waals surface area contributed by atoms with Crippen LogP contribution in [0.15, 0.2) is 65.6 Å². The van der Waals surface area contributed by atoms with Crippen LogP contribution in [0.25, 0.3) is 10.2 Å². The van der Waals surface area contributed by atoms with Crippen LogP contribution in [0.5, 0.6) is 0 Å². The van der Waals surface area contributed by atoms with Crippen molar-refractivity contribution in [3.05, 3.63) is 81.3 Å². The summed E-state index contributed by atoms with van der Waals surface area (Å²) in [6, 6.07) is 18.7. The summed E-state index contributed by atoms with van der Waals surface area (Å²) in [5.74, 6) is 0.809. The number of para-hydroxylation sites is 1. The Bertz CT molecular complexity index is 1190. The van der Waals surface area contributed by atoms with Crippen molar-refractivity contribution >= 4 is 73.9 Å². The molecule has 4 aromatic rings. The second kappa shape index (κ2) is 9.27. The zero-order chi connectivity index (χ0) is 21.1. The first-order valence-corrected chi connectivity index (χ1v) is 11.6. The molecule has 0 aliphatic carbocycles. The minimum atomic E-state index is -0.341. The molecular formula is C22H17Cl2N3OS2. The molecule has 4 nitrogen and oxygen atoms in total. The minimum Gasteiger partial charge on any atom is -0.308 e. The molecule has 30 heavy (non-hydrogen) atoms. The number of hydrogen-bond acceptors (Lipinski definition) is 4. The number of aromatic nitrogens is 1. The molecule has 0 aliphatic heterocycles. The molecule has 0 fully saturated rings. The molecule has 2 N–H and O–H groups in total. The van der Waals surface area contributed by atoms with E-state index in [1.165, 1.54) is 4.70 Å². The topological polar surface area (TPSA) is 54.0 Å². The number of urea groups is 1. The summed E-state index contributed by atoms with van der Waals surface area (Å²) in [5, 5.41) is 7.55. The van der Waals surface area contributed by atoms with Gasteiger partial charge in [0.1, 0.15) is 5.01 Å². The number of halogens is 2. The molecule has 1 heterocycles.